The predicted molar refractivity (Wildman–Crippen MR) is 68.1 cm³/mol. The van der Waals surface area contributed by atoms with Gasteiger partial charge in [0, 0.05) is 17.8 Å². The number of rotatable bonds is 6. The van der Waals surface area contributed by atoms with Crippen molar-refractivity contribution >= 4 is 0 Å². The summed E-state index contributed by atoms with van der Waals surface area (Å²) in [4.78, 5) is 6.86. The van der Waals surface area contributed by atoms with E-state index in [0.29, 0.717) is 12.8 Å². The van der Waals surface area contributed by atoms with Crippen LogP contribution in [0.15, 0.2) is 18.6 Å². The van der Waals surface area contributed by atoms with Crippen LogP contribution in [0, 0.1) is 17.5 Å². The molecule has 0 amide bonds. The van der Waals surface area contributed by atoms with Crippen LogP contribution < -0.4 is 4.74 Å². The van der Waals surface area contributed by atoms with Gasteiger partial charge in [0.15, 0.2) is 23.2 Å². The van der Waals surface area contributed by atoms with Gasteiger partial charge in [-0.3, -0.25) is 0 Å². The molecule has 0 saturated carbocycles. The monoisotopic (exact) mass is 284 g/mol. The smallest absolute Gasteiger partial charge is 0.171 e. The molecule has 20 heavy (non-hydrogen) atoms. The lowest BCUT2D eigenvalue weighted by Crippen LogP contribution is -2.05. The van der Waals surface area contributed by atoms with Crippen molar-refractivity contribution in [2.45, 2.75) is 26.2 Å². The van der Waals surface area contributed by atoms with E-state index in [1.165, 1.54) is 0 Å². The number of aromatic amines is 1. The molecule has 0 unspecified atom stereocenters. The van der Waals surface area contributed by atoms with Crippen LogP contribution in [0.4, 0.5) is 13.2 Å². The molecule has 0 atom stereocenters. The lowest BCUT2D eigenvalue weighted by Gasteiger charge is -2.10. The maximum absolute atomic E-state index is 13.9. The van der Waals surface area contributed by atoms with Gasteiger partial charge in [0.05, 0.1) is 18.6 Å². The molecule has 3 nitrogen and oxygen atoms in total. The Morgan fingerprint density at radius 2 is 2.05 bits per heavy atom. The normalized spacial score (nSPS) is 10.8. The van der Waals surface area contributed by atoms with Crippen molar-refractivity contribution < 1.29 is 17.9 Å². The molecule has 1 aromatic heterocycles. The highest BCUT2D eigenvalue weighted by Gasteiger charge is 2.18. The molecule has 1 aromatic carbocycles. The van der Waals surface area contributed by atoms with Crippen molar-refractivity contribution in [3.63, 3.8) is 0 Å². The van der Waals surface area contributed by atoms with Crippen LogP contribution in [0.1, 0.15) is 24.6 Å². The summed E-state index contributed by atoms with van der Waals surface area (Å²) in [6.07, 6.45) is 4.66. The number of ether oxygens (including phenoxy) is 1. The number of hydrogen-bond acceptors (Lipinski definition) is 2. The second-order valence-corrected chi connectivity index (χ2v) is 4.33. The molecule has 0 radical (unpaired) electrons. The fraction of sp³-hybridized carbons (Fsp3) is 0.357. The first-order chi connectivity index (χ1) is 9.63. The third-order valence-electron chi connectivity index (χ3n) is 2.96. The van der Waals surface area contributed by atoms with E-state index in [4.69, 9.17) is 4.74 Å². The lowest BCUT2D eigenvalue weighted by atomic mass is 10.1. The highest BCUT2D eigenvalue weighted by Crippen LogP contribution is 2.26. The Morgan fingerprint density at radius 3 is 2.70 bits per heavy atom. The Hall–Kier alpha value is -1.98. The second kappa shape index (κ2) is 6.45. The zero-order valence-electron chi connectivity index (χ0n) is 11.0. The summed E-state index contributed by atoms with van der Waals surface area (Å²) in [7, 11) is 0. The fourth-order valence-corrected chi connectivity index (χ4v) is 1.91. The lowest BCUT2D eigenvalue weighted by molar-refractivity contribution is 0.289. The molecule has 2 aromatic rings. The summed E-state index contributed by atoms with van der Waals surface area (Å²) in [6.45, 7) is 1.76. The Kier molecular flexibility index (Phi) is 4.65. The SMILES string of the molecule is CCc1c(F)c(F)cc(OCCCc2c[nH]cn2)c1F. The topological polar surface area (TPSA) is 37.9 Å². The molecule has 2 rings (SSSR count). The number of aryl methyl sites for hydroxylation is 1. The van der Waals surface area contributed by atoms with E-state index in [2.05, 4.69) is 9.97 Å². The van der Waals surface area contributed by atoms with Crippen LogP contribution >= 0.6 is 0 Å². The summed E-state index contributed by atoms with van der Waals surface area (Å²) in [6, 6.07) is 0.748. The summed E-state index contributed by atoms with van der Waals surface area (Å²) in [5, 5.41) is 0. The second-order valence-electron chi connectivity index (χ2n) is 4.33. The first-order valence-corrected chi connectivity index (χ1v) is 6.40. The van der Waals surface area contributed by atoms with Crippen LogP contribution in [0.2, 0.25) is 0 Å². The third kappa shape index (κ3) is 3.12. The van der Waals surface area contributed by atoms with Gasteiger partial charge in [-0.2, -0.15) is 0 Å². The van der Waals surface area contributed by atoms with Gasteiger partial charge in [-0.05, 0) is 19.3 Å². The van der Waals surface area contributed by atoms with Gasteiger partial charge in [-0.15, -0.1) is 0 Å². The van der Waals surface area contributed by atoms with E-state index in [-0.39, 0.29) is 24.3 Å². The largest absolute Gasteiger partial charge is 0.490 e. The Morgan fingerprint density at radius 1 is 1.25 bits per heavy atom. The highest BCUT2D eigenvalue weighted by molar-refractivity contribution is 5.33. The Balaban J connectivity index is 1.97. The quantitative estimate of drug-likeness (QED) is 0.652. The first kappa shape index (κ1) is 14.4. The summed E-state index contributed by atoms with van der Waals surface area (Å²) < 4.78 is 45.7. The zero-order valence-corrected chi connectivity index (χ0v) is 11.0. The van der Waals surface area contributed by atoms with Gasteiger partial charge in [-0.1, -0.05) is 6.92 Å². The van der Waals surface area contributed by atoms with Crippen molar-refractivity contribution in [2.24, 2.45) is 0 Å². The van der Waals surface area contributed by atoms with Crippen molar-refractivity contribution in [1.82, 2.24) is 9.97 Å². The molecule has 0 aliphatic rings. The summed E-state index contributed by atoms with van der Waals surface area (Å²) >= 11 is 0. The predicted octanol–water partition coefficient (Wildman–Crippen LogP) is 3.40. The van der Waals surface area contributed by atoms with Crippen molar-refractivity contribution in [3.05, 3.63) is 47.3 Å². The van der Waals surface area contributed by atoms with Gasteiger partial charge in [-0.25, -0.2) is 18.2 Å². The van der Waals surface area contributed by atoms with Gasteiger partial charge in [0.25, 0.3) is 0 Å². The summed E-state index contributed by atoms with van der Waals surface area (Å²) in [5.74, 6) is -3.31. The van der Waals surface area contributed by atoms with Crippen LogP contribution in [-0.4, -0.2) is 16.6 Å². The molecule has 6 heteroatoms. The molecule has 1 N–H and O–H groups in total. The summed E-state index contributed by atoms with van der Waals surface area (Å²) in [5.41, 5.74) is 0.584. The highest BCUT2D eigenvalue weighted by atomic mass is 19.2. The molecule has 1 heterocycles. The number of benzene rings is 1. The van der Waals surface area contributed by atoms with Crippen LogP contribution in [0.5, 0.6) is 5.75 Å². The molecular weight excluding hydrogens is 269 g/mol. The van der Waals surface area contributed by atoms with Crippen LogP contribution in [0.25, 0.3) is 0 Å². The number of nitrogens with one attached hydrogen (secondary N) is 1. The van der Waals surface area contributed by atoms with Crippen molar-refractivity contribution in [1.29, 1.82) is 0 Å². The molecule has 0 aliphatic carbocycles. The minimum Gasteiger partial charge on any atom is -0.490 e. The molecule has 0 spiro atoms. The average molecular weight is 284 g/mol. The maximum Gasteiger partial charge on any atom is 0.171 e. The number of hydrogen-bond donors (Lipinski definition) is 1. The standard InChI is InChI=1S/C14H15F3N2O/c1-2-10-13(16)11(15)6-12(14(10)17)20-5-3-4-9-7-18-8-19-9/h6-8H,2-5H2,1H3,(H,18,19). The Labute approximate surface area is 114 Å². The van der Waals surface area contributed by atoms with Crippen LogP contribution in [0.3, 0.4) is 0 Å². The maximum atomic E-state index is 13.9. The minimum atomic E-state index is -1.14. The van der Waals surface area contributed by atoms with E-state index in [1.54, 1.807) is 19.4 Å². The van der Waals surface area contributed by atoms with E-state index in [0.717, 1.165) is 11.8 Å². The fourth-order valence-electron chi connectivity index (χ4n) is 1.91. The van der Waals surface area contributed by atoms with Crippen molar-refractivity contribution in [3.8, 4) is 5.75 Å². The van der Waals surface area contributed by atoms with E-state index < -0.39 is 17.5 Å². The average Bonchev–Trinajstić information content (AvgIpc) is 2.94. The van der Waals surface area contributed by atoms with Crippen molar-refractivity contribution in [2.75, 3.05) is 6.61 Å². The molecule has 0 aliphatic heterocycles. The van der Waals surface area contributed by atoms with Gasteiger partial charge in [0.1, 0.15) is 0 Å². The zero-order chi connectivity index (χ0) is 14.5. The molecule has 0 fully saturated rings. The number of H-pyrrole nitrogens is 1. The number of imidazole rings is 1. The van der Waals surface area contributed by atoms with E-state index >= 15 is 0 Å². The number of halogens is 3. The van der Waals surface area contributed by atoms with Crippen LogP contribution in [-0.2, 0) is 12.8 Å². The third-order valence-corrected chi connectivity index (χ3v) is 2.96. The van der Waals surface area contributed by atoms with Gasteiger partial charge < -0.3 is 9.72 Å². The first-order valence-electron chi connectivity index (χ1n) is 6.40. The number of nitrogens with zero attached hydrogens (tertiary/aromatic N) is 1. The number of aromatic nitrogens is 2. The van der Waals surface area contributed by atoms with E-state index in [1.807, 2.05) is 0 Å². The molecule has 108 valence electrons. The molecule has 0 bridgehead atoms. The van der Waals surface area contributed by atoms with Gasteiger partial charge in [0.2, 0.25) is 0 Å². The molecule has 0 saturated heterocycles. The Bertz CT molecular complexity index is 570. The minimum absolute atomic E-state index is 0.0685. The van der Waals surface area contributed by atoms with E-state index in [9.17, 15) is 13.2 Å². The van der Waals surface area contributed by atoms with Gasteiger partial charge >= 0.3 is 0 Å². The molecular formula is C14H15F3N2O.